The van der Waals surface area contributed by atoms with E-state index >= 15 is 0 Å². The Hall–Kier alpha value is -1.61. The third-order valence-electron chi connectivity index (χ3n) is 3.62. The molecule has 1 unspecified atom stereocenters. The van der Waals surface area contributed by atoms with Crippen LogP contribution < -0.4 is 5.32 Å². The Bertz CT molecular complexity index is 553. The Balaban J connectivity index is 2.06. The Labute approximate surface area is 115 Å². The van der Waals surface area contributed by atoms with Crippen LogP contribution >= 0.6 is 0 Å². The SMILES string of the molecule is Cc1ccc(CNC(C)c2c(C)noc2C)c(C)c1. The summed E-state index contributed by atoms with van der Waals surface area (Å²) in [5.74, 6) is 0.901. The monoisotopic (exact) mass is 258 g/mol. The molecule has 1 aromatic carbocycles. The lowest BCUT2D eigenvalue weighted by Crippen LogP contribution is -2.19. The van der Waals surface area contributed by atoms with Gasteiger partial charge in [-0.1, -0.05) is 28.9 Å². The van der Waals surface area contributed by atoms with E-state index in [1.165, 1.54) is 22.3 Å². The minimum atomic E-state index is 0.243. The molecule has 1 N–H and O–H groups in total. The second-order valence-corrected chi connectivity index (χ2v) is 5.27. The lowest BCUT2D eigenvalue weighted by atomic mass is 10.0. The first-order valence-electron chi connectivity index (χ1n) is 6.71. The van der Waals surface area contributed by atoms with E-state index < -0.39 is 0 Å². The van der Waals surface area contributed by atoms with Crippen molar-refractivity contribution < 1.29 is 4.52 Å². The van der Waals surface area contributed by atoms with E-state index in [4.69, 9.17) is 4.52 Å². The molecule has 0 amide bonds. The quantitative estimate of drug-likeness (QED) is 0.907. The molecule has 0 aliphatic rings. The highest BCUT2D eigenvalue weighted by Gasteiger charge is 2.15. The predicted octanol–water partition coefficient (Wildman–Crippen LogP) is 3.76. The average Bonchev–Trinajstić information content (AvgIpc) is 2.68. The first-order chi connectivity index (χ1) is 8.99. The second kappa shape index (κ2) is 5.57. The number of nitrogens with zero attached hydrogens (tertiary/aromatic N) is 1. The largest absolute Gasteiger partial charge is 0.361 e. The minimum absolute atomic E-state index is 0.243. The van der Waals surface area contributed by atoms with E-state index in [1.807, 2.05) is 13.8 Å². The molecule has 0 radical (unpaired) electrons. The summed E-state index contributed by atoms with van der Waals surface area (Å²) in [6.45, 7) is 11.2. The Morgan fingerprint density at radius 1 is 1.21 bits per heavy atom. The molecule has 1 heterocycles. The van der Waals surface area contributed by atoms with Gasteiger partial charge in [0.25, 0.3) is 0 Å². The molecule has 1 aromatic heterocycles. The first-order valence-corrected chi connectivity index (χ1v) is 6.71. The Kier molecular flexibility index (Phi) is 4.05. The van der Waals surface area contributed by atoms with Gasteiger partial charge >= 0.3 is 0 Å². The van der Waals surface area contributed by atoms with Crippen LogP contribution in [0.25, 0.3) is 0 Å². The number of hydrogen-bond donors (Lipinski definition) is 1. The van der Waals surface area contributed by atoms with Gasteiger partial charge in [-0.15, -0.1) is 0 Å². The fourth-order valence-corrected chi connectivity index (χ4v) is 2.52. The zero-order chi connectivity index (χ0) is 14.0. The first kappa shape index (κ1) is 13.8. The van der Waals surface area contributed by atoms with Gasteiger partial charge in [0.15, 0.2) is 0 Å². The van der Waals surface area contributed by atoms with Crippen molar-refractivity contribution in [3.63, 3.8) is 0 Å². The molecule has 2 rings (SSSR count). The highest BCUT2D eigenvalue weighted by atomic mass is 16.5. The van der Waals surface area contributed by atoms with Crippen molar-refractivity contribution in [1.82, 2.24) is 10.5 Å². The van der Waals surface area contributed by atoms with Crippen molar-refractivity contribution in [3.05, 3.63) is 51.9 Å². The van der Waals surface area contributed by atoms with Gasteiger partial charge in [-0.05, 0) is 45.7 Å². The van der Waals surface area contributed by atoms with E-state index in [0.717, 1.165) is 18.0 Å². The summed E-state index contributed by atoms with van der Waals surface area (Å²) in [6, 6.07) is 6.81. The molecule has 19 heavy (non-hydrogen) atoms. The number of aromatic nitrogens is 1. The van der Waals surface area contributed by atoms with Crippen LogP contribution in [0.3, 0.4) is 0 Å². The summed E-state index contributed by atoms with van der Waals surface area (Å²) in [4.78, 5) is 0. The lowest BCUT2D eigenvalue weighted by molar-refractivity contribution is 0.390. The van der Waals surface area contributed by atoms with Gasteiger partial charge in [-0.2, -0.15) is 0 Å². The van der Waals surface area contributed by atoms with Gasteiger partial charge in [0.1, 0.15) is 5.76 Å². The number of benzene rings is 1. The molecule has 0 bridgehead atoms. The van der Waals surface area contributed by atoms with Crippen LogP contribution in [0.4, 0.5) is 0 Å². The fraction of sp³-hybridized carbons (Fsp3) is 0.438. The van der Waals surface area contributed by atoms with Crippen molar-refractivity contribution in [2.24, 2.45) is 0 Å². The molecule has 1 atom stereocenters. The third-order valence-corrected chi connectivity index (χ3v) is 3.62. The highest BCUT2D eigenvalue weighted by molar-refractivity contribution is 5.31. The van der Waals surface area contributed by atoms with Crippen molar-refractivity contribution in [2.45, 2.75) is 47.2 Å². The number of aryl methyl sites for hydroxylation is 4. The summed E-state index contributed by atoms with van der Waals surface area (Å²) in [5.41, 5.74) is 6.12. The summed E-state index contributed by atoms with van der Waals surface area (Å²) in [5, 5.41) is 7.55. The molecule has 0 aliphatic carbocycles. The van der Waals surface area contributed by atoms with E-state index in [9.17, 15) is 0 Å². The fourth-order valence-electron chi connectivity index (χ4n) is 2.52. The lowest BCUT2D eigenvalue weighted by Gasteiger charge is -2.15. The van der Waals surface area contributed by atoms with Gasteiger partial charge in [0.05, 0.1) is 5.69 Å². The minimum Gasteiger partial charge on any atom is -0.361 e. The number of rotatable bonds is 4. The highest BCUT2D eigenvalue weighted by Crippen LogP contribution is 2.21. The topological polar surface area (TPSA) is 38.1 Å². The Morgan fingerprint density at radius 3 is 2.53 bits per heavy atom. The van der Waals surface area contributed by atoms with Crippen LogP contribution in [0.5, 0.6) is 0 Å². The zero-order valence-electron chi connectivity index (χ0n) is 12.4. The molecule has 0 fully saturated rings. The average molecular weight is 258 g/mol. The van der Waals surface area contributed by atoms with Crippen LogP contribution in [0.1, 0.15) is 46.7 Å². The molecule has 0 saturated heterocycles. The molecule has 2 aromatic rings. The molecule has 0 saturated carbocycles. The maximum atomic E-state index is 5.22. The smallest absolute Gasteiger partial charge is 0.138 e. The molecular weight excluding hydrogens is 236 g/mol. The van der Waals surface area contributed by atoms with Crippen molar-refractivity contribution in [2.75, 3.05) is 0 Å². The molecular formula is C16H22N2O. The van der Waals surface area contributed by atoms with Gasteiger partial charge in [-0.25, -0.2) is 0 Å². The number of hydrogen-bond acceptors (Lipinski definition) is 3. The van der Waals surface area contributed by atoms with E-state index in [-0.39, 0.29) is 6.04 Å². The van der Waals surface area contributed by atoms with Crippen LogP contribution in [0.2, 0.25) is 0 Å². The van der Waals surface area contributed by atoms with Crippen LogP contribution in [-0.2, 0) is 6.54 Å². The van der Waals surface area contributed by atoms with E-state index in [0.29, 0.717) is 0 Å². The standard InChI is InChI=1S/C16H22N2O/c1-10-6-7-15(11(2)8-10)9-17-12(3)16-13(4)18-19-14(16)5/h6-8,12,17H,9H2,1-5H3. The maximum absolute atomic E-state index is 5.22. The van der Waals surface area contributed by atoms with Gasteiger partial charge in [-0.3, -0.25) is 0 Å². The molecule has 0 spiro atoms. The van der Waals surface area contributed by atoms with Gasteiger partial charge in [0, 0.05) is 18.2 Å². The summed E-state index contributed by atoms with van der Waals surface area (Å²) < 4.78 is 5.22. The van der Waals surface area contributed by atoms with E-state index in [1.54, 1.807) is 0 Å². The maximum Gasteiger partial charge on any atom is 0.138 e. The Morgan fingerprint density at radius 2 is 1.95 bits per heavy atom. The molecule has 3 nitrogen and oxygen atoms in total. The summed E-state index contributed by atoms with van der Waals surface area (Å²) in [7, 11) is 0. The predicted molar refractivity (Wildman–Crippen MR) is 77.1 cm³/mol. The molecule has 3 heteroatoms. The van der Waals surface area contributed by atoms with Crippen LogP contribution in [0.15, 0.2) is 22.7 Å². The number of nitrogens with one attached hydrogen (secondary N) is 1. The second-order valence-electron chi connectivity index (χ2n) is 5.27. The van der Waals surface area contributed by atoms with E-state index in [2.05, 4.69) is 49.4 Å². The van der Waals surface area contributed by atoms with Gasteiger partial charge < -0.3 is 9.84 Å². The molecule has 102 valence electrons. The summed E-state index contributed by atoms with van der Waals surface area (Å²) in [6.07, 6.45) is 0. The molecule has 0 aliphatic heterocycles. The van der Waals surface area contributed by atoms with Crippen molar-refractivity contribution in [3.8, 4) is 0 Å². The van der Waals surface area contributed by atoms with Crippen molar-refractivity contribution >= 4 is 0 Å². The summed E-state index contributed by atoms with van der Waals surface area (Å²) >= 11 is 0. The normalized spacial score (nSPS) is 12.7. The van der Waals surface area contributed by atoms with Crippen LogP contribution in [0, 0.1) is 27.7 Å². The zero-order valence-corrected chi connectivity index (χ0v) is 12.4. The third kappa shape index (κ3) is 3.04. The van der Waals surface area contributed by atoms with Crippen molar-refractivity contribution in [1.29, 1.82) is 0 Å². The van der Waals surface area contributed by atoms with Crippen LogP contribution in [-0.4, -0.2) is 5.16 Å². The van der Waals surface area contributed by atoms with Gasteiger partial charge in [0.2, 0.25) is 0 Å².